The number of methoxy groups -OCH3 is 1. The summed E-state index contributed by atoms with van der Waals surface area (Å²) in [7, 11) is 1.63. The summed E-state index contributed by atoms with van der Waals surface area (Å²) in [6.45, 7) is 6.48. The Balaban J connectivity index is 1.81. The molecule has 1 heterocycles. The van der Waals surface area contributed by atoms with Crippen LogP contribution in [-0.4, -0.2) is 29.0 Å². The van der Waals surface area contributed by atoms with Gasteiger partial charge in [0.25, 0.3) is 5.91 Å². The monoisotopic (exact) mass is 404 g/mol. The second-order valence-electron chi connectivity index (χ2n) is 7.72. The van der Waals surface area contributed by atoms with E-state index in [2.05, 4.69) is 61.0 Å². The summed E-state index contributed by atoms with van der Waals surface area (Å²) in [6.07, 6.45) is 5.35. The van der Waals surface area contributed by atoms with Crippen molar-refractivity contribution in [3.05, 3.63) is 89.2 Å². The van der Waals surface area contributed by atoms with Crippen molar-refractivity contribution < 1.29 is 9.53 Å². The molecule has 0 aliphatic carbocycles. The molecule has 0 atom stereocenters. The Morgan fingerprint density at radius 1 is 1.03 bits per heavy atom. The molecule has 4 nitrogen and oxygen atoms in total. The lowest BCUT2D eigenvalue weighted by molar-refractivity contribution is 0.0736. The van der Waals surface area contributed by atoms with Crippen LogP contribution in [0.1, 0.15) is 53.4 Å². The lowest BCUT2D eigenvalue weighted by atomic mass is 10.1. The van der Waals surface area contributed by atoms with Crippen LogP contribution < -0.4 is 4.74 Å². The van der Waals surface area contributed by atoms with Crippen molar-refractivity contribution in [3.63, 3.8) is 0 Å². The molecule has 2 aromatic carbocycles. The molecule has 0 aliphatic heterocycles. The summed E-state index contributed by atoms with van der Waals surface area (Å²) < 4.78 is 7.56. The Labute approximate surface area is 180 Å². The van der Waals surface area contributed by atoms with E-state index in [1.54, 1.807) is 7.11 Å². The van der Waals surface area contributed by atoms with Crippen LogP contribution in [0.15, 0.2) is 66.9 Å². The summed E-state index contributed by atoms with van der Waals surface area (Å²) in [6, 6.07) is 20.1. The normalized spacial score (nSPS) is 10.8. The van der Waals surface area contributed by atoms with Crippen molar-refractivity contribution in [2.75, 3.05) is 13.7 Å². The number of hydrogen-bond acceptors (Lipinski definition) is 2. The quantitative estimate of drug-likeness (QED) is 0.407. The number of amides is 1. The van der Waals surface area contributed by atoms with Crippen LogP contribution in [0.4, 0.5) is 0 Å². The zero-order valence-corrected chi connectivity index (χ0v) is 18.3. The number of benzene rings is 2. The summed E-state index contributed by atoms with van der Waals surface area (Å²) in [5.74, 6) is 0.755. The number of carbonyl (C=O) groups is 1. The van der Waals surface area contributed by atoms with E-state index >= 15 is 0 Å². The summed E-state index contributed by atoms with van der Waals surface area (Å²) >= 11 is 0. The van der Waals surface area contributed by atoms with Gasteiger partial charge in [-0.3, -0.25) is 4.79 Å². The summed E-state index contributed by atoms with van der Waals surface area (Å²) in [5, 5.41) is 0. The highest BCUT2D eigenvalue weighted by Gasteiger charge is 2.18. The average molecular weight is 405 g/mol. The smallest absolute Gasteiger partial charge is 0.254 e. The molecule has 0 radical (unpaired) electrons. The van der Waals surface area contributed by atoms with E-state index in [9.17, 15) is 4.79 Å². The van der Waals surface area contributed by atoms with Crippen LogP contribution in [0.25, 0.3) is 0 Å². The fourth-order valence-electron chi connectivity index (χ4n) is 3.66. The number of nitrogens with zero attached hydrogens (tertiary/aromatic N) is 2. The molecular formula is C26H32N2O2. The molecule has 0 saturated carbocycles. The minimum Gasteiger partial charge on any atom is -0.497 e. The summed E-state index contributed by atoms with van der Waals surface area (Å²) in [5.41, 5.74) is 4.39. The number of ether oxygens (including phenoxy) is 1. The van der Waals surface area contributed by atoms with Gasteiger partial charge in [0.1, 0.15) is 5.75 Å². The zero-order valence-electron chi connectivity index (χ0n) is 18.3. The molecule has 0 saturated heterocycles. The third kappa shape index (κ3) is 5.53. The van der Waals surface area contributed by atoms with E-state index < -0.39 is 0 Å². The van der Waals surface area contributed by atoms with Crippen molar-refractivity contribution in [1.82, 2.24) is 9.47 Å². The molecular weight excluding hydrogens is 372 g/mol. The molecule has 4 heteroatoms. The lowest BCUT2D eigenvalue weighted by Crippen LogP contribution is -2.32. The Kier molecular flexibility index (Phi) is 7.72. The first-order chi connectivity index (χ1) is 14.6. The van der Waals surface area contributed by atoms with E-state index in [1.165, 1.54) is 11.1 Å². The van der Waals surface area contributed by atoms with Crippen LogP contribution in [0.3, 0.4) is 0 Å². The van der Waals surface area contributed by atoms with Gasteiger partial charge in [-0.2, -0.15) is 0 Å². The SMILES string of the molecule is CCCCCN(Cc1cccn1Cc1ccccc1C)C(=O)c1cccc(OC)c1. The van der Waals surface area contributed by atoms with E-state index in [0.717, 1.165) is 38.0 Å². The highest BCUT2D eigenvalue weighted by atomic mass is 16.5. The fraction of sp³-hybridized carbons (Fsp3) is 0.346. The maximum atomic E-state index is 13.3. The maximum absolute atomic E-state index is 13.3. The highest BCUT2D eigenvalue weighted by Crippen LogP contribution is 2.18. The molecule has 158 valence electrons. The van der Waals surface area contributed by atoms with E-state index in [-0.39, 0.29) is 5.91 Å². The molecule has 3 aromatic rings. The van der Waals surface area contributed by atoms with Gasteiger partial charge in [0, 0.05) is 30.5 Å². The number of aromatic nitrogens is 1. The van der Waals surface area contributed by atoms with E-state index in [0.29, 0.717) is 17.9 Å². The summed E-state index contributed by atoms with van der Waals surface area (Å²) in [4.78, 5) is 15.3. The van der Waals surface area contributed by atoms with Gasteiger partial charge in [0.2, 0.25) is 0 Å². The third-order valence-electron chi connectivity index (χ3n) is 5.51. The molecule has 30 heavy (non-hydrogen) atoms. The van der Waals surface area contributed by atoms with Gasteiger partial charge >= 0.3 is 0 Å². The van der Waals surface area contributed by atoms with Gasteiger partial charge < -0.3 is 14.2 Å². The Morgan fingerprint density at radius 3 is 2.63 bits per heavy atom. The van der Waals surface area contributed by atoms with Gasteiger partial charge in [0.15, 0.2) is 0 Å². The zero-order chi connectivity index (χ0) is 21.3. The average Bonchev–Trinajstić information content (AvgIpc) is 3.21. The van der Waals surface area contributed by atoms with Gasteiger partial charge in [-0.25, -0.2) is 0 Å². The first kappa shape index (κ1) is 21.7. The van der Waals surface area contributed by atoms with Crippen LogP contribution in [0, 0.1) is 6.92 Å². The predicted molar refractivity (Wildman–Crippen MR) is 122 cm³/mol. The van der Waals surface area contributed by atoms with Crippen molar-refractivity contribution in [1.29, 1.82) is 0 Å². The standard InChI is InChI=1S/C26H32N2O2/c1-4-5-8-16-28(26(29)22-13-9-15-25(18-22)30-3)20-24-14-10-17-27(24)19-23-12-7-6-11-21(23)2/h6-7,9-15,17-18H,4-5,8,16,19-20H2,1-3H3. The van der Waals surface area contributed by atoms with Crippen LogP contribution in [0.5, 0.6) is 5.75 Å². The molecule has 0 N–H and O–H groups in total. The van der Waals surface area contributed by atoms with Crippen molar-refractivity contribution >= 4 is 5.91 Å². The first-order valence-corrected chi connectivity index (χ1v) is 10.7. The number of rotatable bonds is 10. The Hall–Kier alpha value is -3.01. The Bertz CT molecular complexity index is 961. The topological polar surface area (TPSA) is 34.5 Å². The number of carbonyl (C=O) groups excluding carboxylic acids is 1. The number of aryl methyl sites for hydroxylation is 1. The molecule has 0 spiro atoms. The second-order valence-corrected chi connectivity index (χ2v) is 7.72. The van der Waals surface area contributed by atoms with Crippen molar-refractivity contribution in [2.24, 2.45) is 0 Å². The van der Waals surface area contributed by atoms with Crippen LogP contribution in [0.2, 0.25) is 0 Å². The van der Waals surface area contributed by atoms with Gasteiger partial charge in [-0.1, -0.05) is 50.1 Å². The molecule has 0 unspecified atom stereocenters. The molecule has 0 bridgehead atoms. The minimum atomic E-state index is 0.0497. The first-order valence-electron chi connectivity index (χ1n) is 10.7. The molecule has 3 rings (SSSR count). The predicted octanol–water partition coefficient (Wildman–Crippen LogP) is 5.69. The van der Waals surface area contributed by atoms with Crippen molar-refractivity contribution in [2.45, 2.75) is 46.2 Å². The fourth-order valence-corrected chi connectivity index (χ4v) is 3.66. The molecule has 0 fully saturated rings. The molecule has 1 aromatic heterocycles. The van der Waals surface area contributed by atoms with Gasteiger partial charge in [-0.05, 0) is 54.8 Å². The van der Waals surface area contributed by atoms with E-state index in [1.807, 2.05) is 29.2 Å². The third-order valence-corrected chi connectivity index (χ3v) is 5.51. The highest BCUT2D eigenvalue weighted by molar-refractivity contribution is 5.94. The lowest BCUT2D eigenvalue weighted by Gasteiger charge is -2.24. The maximum Gasteiger partial charge on any atom is 0.254 e. The second kappa shape index (κ2) is 10.7. The number of unbranched alkanes of at least 4 members (excludes halogenated alkanes) is 2. The van der Waals surface area contributed by atoms with E-state index in [4.69, 9.17) is 4.74 Å². The molecule has 0 aliphatic rings. The van der Waals surface area contributed by atoms with Crippen LogP contribution in [-0.2, 0) is 13.1 Å². The van der Waals surface area contributed by atoms with Gasteiger partial charge in [0.05, 0.1) is 13.7 Å². The molecule has 1 amide bonds. The number of hydrogen-bond donors (Lipinski definition) is 0. The largest absolute Gasteiger partial charge is 0.497 e. The minimum absolute atomic E-state index is 0.0497. The van der Waals surface area contributed by atoms with Gasteiger partial charge in [-0.15, -0.1) is 0 Å². The van der Waals surface area contributed by atoms with Crippen molar-refractivity contribution in [3.8, 4) is 5.75 Å². The van der Waals surface area contributed by atoms with Crippen LogP contribution >= 0.6 is 0 Å². The Morgan fingerprint density at radius 2 is 1.87 bits per heavy atom.